The van der Waals surface area contributed by atoms with Crippen molar-refractivity contribution in [2.75, 3.05) is 12.8 Å². The summed E-state index contributed by atoms with van der Waals surface area (Å²) in [6, 6.07) is 41.8. The van der Waals surface area contributed by atoms with E-state index in [2.05, 4.69) is 124 Å². The molecule has 39 heavy (non-hydrogen) atoms. The van der Waals surface area contributed by atoms with Gasteiger partial charge in [-0.25, -0.2) is 0 Å². The van der Waals surface area contributed by atoms with Crippen LogP contribution in [0.3, 0.4) is 0 Å². The molecular weight excluding hydrogens is 494 g/mol. The number of thioether (sulfide) groups is 1. The zero-order valence-corrected chi connectivity index (χ0v) is 24.6. The maximum atomic E-state index is 12.7. The molecule has 0 amide bonds. The molecule has 0 saturated heterocycles. The lowest BCUT2D eigenvalue weighted by molar-refractivity contribution is -0.123. The van der Waals surface area contributed by atoms with Gasteiger partial charge in [0, 0.05) is 35.5 Å². The maximum Gasteiger partial charge on any atom is 0.137 e. The average molecular weight is 538 g/mol. The highest BCUT2D eigenvalue weighted by atomic mass is 32.2. The van der Waals surface area contributed by atoms with Crippen molar-refractivity contribution in [3.8, 4) is 0 Å². The molecule has 0 spiro atoms. The van der Waals surface area contributed by atoms with Crippen LogP contribution in [0.15, 0.2) is 121 Å². The van der Waals surface area contributed by atoms with E-state index in [-0.39, 0.29) is 16.6 Å². The highest BCUT2D eigenvalue weighted by Gasteiger charge is 2.30. The Labute approximate surface area is 240 Å². The number of ketones is 1. The van der Waals surface area contributed by atoms with Gasteiger partial charge in [-0.3, -0.25) is 4.79 Å². The van der Waals surface area contributed by atoms with Gasteiger partial charge in [0.25, 0.3) is 0 Å². The third-order valence-electron chi connectivity index (χ3n) is 7.77. The number of carbonyl (C=O) groups is 1. The van der Waals surface area contributed by atoms with E-state index in [4.69, 9.17) is 5.73 Å². The molecule has 0 aliphatic rings. The topological polar surface area (TPSA) is 43.1 Å². The number of nitrogens with two attached hydrogens (primary N) is 1. The maximum absolute atomic E-state index is 12.7. The van der Waals surface area contributed by atoms with Crippen molar-refractivity contribution in [1.82, 2.24) is 0 Å². The second kappa shape index (κ2) is 15.5. The number of Topliss-reactive ketones (excluding diaryl/α,β-unsaturated/α-hetero) is 1. The predicted molar refractivity (Wildman–Crippen MR) is 170 cm³/mol. The first-order valence-corrected chi connectivity index (χ1v) is 15.1. The second-order valence-corrected chi connectivity index (χ2v) is 12.0. The zero-order chi connectivity index (χ0) is 28.1. The van der Waals surface area contributed by atoms with E-state index in [0.29, 0.717) is 24.7 Å². The molecule has 4 rings (SSSR count). The largest absolute Gasteiger partial charge is 0.330 e. The van der Waals surface area contributed by atoms with Crippen LogP contribution in [0.4, 0.5) is 0 Å². The predicted octanol–water partition coefficient (Wildman–Crippen LogP) is 8.72. The fraction of sp³-hybridized carbons (Fsp3) is 0.306. The van der Waals surface area contributed by atoms with Crippen molar-refractivity contribution in [2.45, 2.75) is 50.2 Å². The number of hydrogen-bond acceptors (Lipinski definition) is 3. The van der Waals surface area contributed by atoms with E-state index in [9.17, 15) is 4.79 Å². The summed E-state index contributed by atoms with van der Waals surface area (Å²) in [4.78, 5) is 12.7. The van der Waals surface area contributed by atoms with Crippen molar-refractivity contribution >= 4 is 17.5 Å². The summed E-state index contributed by atoms with van der Waals surface area (Å²) >= 11 is 1.77. The smallest absolute Gasteiger partial charge is 0.137 e. The normalized spacial score (nSPS) is 12.1. The first kappa shape index (κ1) is 30.4. The summed E-state index contributed by atoms with van der Waals surface area (Å²) in [7, 11) is 0. The van der Waals surface area contributed by atoms with Crippen molar-refractivity contribution in [2.24, 2.45) is 11.7 Å². The fourth-order valence-electron chi connectivity index (χ4n) is 4.80. The lowest BCUT2D eigenvalue weighted by Crippen LogP contribution is -2.31. The van der Waals surface area contributed by atoms with Crippen molar-refractivity contribution < 1.29 is 4.79 Å². The van der Waals surface area contributed by atoms with E-state index in [1.165, 1.54) is 22.3 Å². The minimum Gasteiger partial charge on any atom is -0.330 e. The second-order valence-electron chi connectivity index (χ2n) is 10.5. The number of rotatable bonds is 11. The van der Waals surface area contributed by atoms with Gasteiger partial charge >= 0.3 is 0 Å². The Kier molecular flexibility index (Phi) is 12.0. The summed E-state index contributed by atoms with van der Waals surface area (Å²) in [5.74, 6) is 1.03. The SMILES string of the molecule is CSC(C)(C)[C@H](C)C(=O)CCC(c1ccccc1)c1ccccc1.NCC(c1ccccc1)c1ccccc1. The van der Waals surface area contributed by atoms with Crippen molar-refractivity contribution in [3.05, 3.63) is 144 Å². The minimum atomic E-state index is -0.00786. The summed E-state index contributed by atoms with van der Waals surface area (Å²) < 4.78 is -0.00786. The summed E-state index contributed by atoms with van der Waals surface area (Å²) in [5, 5.41) is 0. The number of carbonyl (C=O) groups excluding carboxylic acids is 1. The molecule has 0 unspecified atom stereocenters. The molecule has 4 aromatic rings. The van der Waals surface area contributed by atoms with Crippen LogP contribution in [0, 0.1) is 5.92 Å². The molecular formula is C36H43NOS. The van der Waals surface area contributed by atoms with Gasteiger partial charge in [-0.2, -0.15) is 11.8 Å². The minimum absolute atomic E-state index is 0.00786. The molecule has 0 aliphatic heterocycles. The van der Waals surface area contributed by atoms with E-state index in [1.54, 1.807) is 11.8 Å². The standard InChI is InChI=1S/C22H28OS.C14H15N/c1-17(22(2,3)24-4)21(23)16-15-20(18-11-7-5-8-12-18)19-13-9-6-10-14-19;15-11-14(12-7-3-1-4-8-12)13-9-5-2-6-10-13/h5-14,17,20H,15-16H2,1-4H3;1-10,14H,11,15H2/t17-;/m1./s1. The number of benzene rings is 4. The number of hydrogen-bond donors (Lipinski definition) is 1. The summed E-state index contributed by atoms with van der Waals surface area (Å²) in [6.45, 7) is 7.03. The molecule has 0 saturated carbocycles. The Bertz CT molecular complexity index is 1150. The highest BCUT2D eigenvalue weighted by molar-refractivity contribution is 8.00. The van der Waals surface area contributed by atoms with Crippen LogP contribution in [0.25, 0.3) is 0 Å². The fourth-order valence-corrected chi connectivity index (χ4v) is 5.28. The van der Waals surface area contributed by atoms with E-state index in [1.807, 2.05) is 24.3 Å². The van der Waals surface area contributed by atoms with Crippen LogP contribution in [-0.4, -0.2) is 23.3 Å². The highest BCUT2D eigenvalue weighted by Crippen LogP contribution is 2.34. The Morgan fingerprint density at radius 3 is 1.31 bits per heavy atom. The van der Waals surface area contributed by atoms with Crippen LogP contribution >= 0.6 is 11.8 Å². The van der Waals surface area contributed by atoms with Gasteiger partial charge in [0.1, 0.15) is 5.78 Å². The molecule has 2 nitrogen and oxygen atoms in total. The molecule has 0 aliphatic carbocycles. The van der Waals surface area contributed by atoms with Gasteiger partial charge in [-0.05, 0) is 34.9 Å². The molecule has 2 N–H and O–H groups in total. The molecule has 204 valence electrons. The zero-order valence-electron chi connectivity index (χ0n) is 23.8. The summed E-state index contributed by atoms with van der Waals surface area (Å²) in [5.41, 5.74) is 11.0. The van der Waals surface area contributed by atoms with Gasteiger partial charge in [-0.15, -0.1) is 0 Å². The van der Waals surface area contributed by atoms with Crippen molar-refractivity contribution in [1.29, 1.82) is 0 Å². The molecule has 0 aromatic heterocycles. The third-order valence-corrected chi connectivity index (χ3v) is 9.18. The first-order chi connectivity index (χ1) is 18.9. The van der Waals surface area contributed by atoms with Gasteiger partial charge in [0.2, 0.25) is 0 Å². The molecule has 0 bridgehead atoms. The van der Waals surface area contributed by atoms with Gasteiger partial charge in [-0.1, -0.05) is 142 Å². The quantitative estimate of drug-likeness (QED) is 0.208. The van der Waals surface area contributed by atoms with Gasteiger partial charge in [0.05, 0.1) is 0 Å². The molecule has 1 atom stereocenters. The van der Waals surface area contributed by atoms with Gasteiger partial charge in [0.15, 0.2) is 0 Å². The Hall–Kier alpha value is -3.14. The van der Waals surface area contributed by atoms with Crippen molar-refractivity contribution in [3.63, 3.8) is 0 Å². The first-order valence-electron chi connectivity index (χ1n) is 13.8. The molecule has 0 fully saturated rings. The van der Waals surface area contributed by atoms with Crippen LogP contribution < -0.4 is 5.73 Å². The van der Waals surface area contributed by atoms with E-state index >= 15 is 0 Å². The van der Waals surface area contributed by atoms with E-state index < -0.39 is 0 Å². The average Bonchev–Trinajstić information content (AvgIpc) is 2.99. The lowest BCUT2D eigenvalue weighted by Gasteiger charge is -2.29. The monoisotopic (exact) mass is 537 g/mol. The Balaban J connectivity index is 0.000000239. The lowest BCUT2D eigenvalue weighted by atomic mass is 9.84. The van der Waals surface area contributed by atoms with E-state index in [0.717, 1.165) is 6.42 Å². The van der Waals surface area contributed by atoms with Crippen LogP contribution in [0.1, 0.15) is 67.7 Å². The molecule has 0 radical (unpaired) electrons. The Morgan fingerprint density at radius 1 is 0.667 bits per heavy atom. The van der Waals surface area contributed by atoms with Crippen LogP contribution in [-0.2, 0) is 4.79 Å². The third kappa shape index (κ3) is 8.95. The van der Waals surface area contributed by atoms with Crippen LogP contribution in [0.5, 0.6) is 0 Å². The molecule has 0 heterocycles. The summed E-state index contributed by atoms with van der Waals surface area (Å²) in [6.07, 6.45) is 3.57. The molecule has 3 heteroatoms. The molecule has 4 aromatic carbocycles. The van der Waals surface area contributed by atoms with Crippen LogP contribution in [0.2, 0.25) is 0 Å². The van der Waals surface area contributed by atoms with Gasteiger partial charge < -0.3 is 5.73 Å². The Morgan fingerprint density at radius 2 is 1.00 bits per heavy atom.